The molecule has 40 heavy (non-hydrogen) atoms. The predicted molar refractivity (Wildman–Crippen MR) is 158 cm³/mol. The summed E-state index contributed by atoms with van der Waals surface area (Å²) in [6.45, 7) is 11.2. The SMILES string of the molecule is CC[N+]1=C(C=C2C(=O)C(C=C3N(C)c4ccc(C(=O)O)cc4C3(C)C)=C2O)C(C)(C)c2c1ccc1ccccc21. The number of Topliss-reactive ketones (excluding diaryl/α,β-unsaturated/α-hetero) is 1. The fraction of sp³-hybridized carbons (Fsp3) is 0.265. The van der Waals surface area contributed by atoms with Crippen molar-refractivity contribution in [2.75, 3.05) is 18.5 Å². The van der Waals surface area contributed by atoms with Crippen LogP contribution in [-0.4, -0.2) is 45.8 Å². The average Bonchev–Trinajstić information content (AvgIpc) is 3.27. The molecule has 6 rings (SSSR count). The second-order valence-corrected chi connectivity index (χ2v) is 11.8. The number of likely N-dealkylation sites (N-methyl/N-ethyl adjacent to an activating group) is 1. The molecule has 6 nitrogen and oxygen atoms in total. The lowest BCUT2D eigenvalue weighted by Crippen LogP contribution is -2.31. The third-order valence-electron chi connectivity index (χ3n) is 8.91. The van der Waals surface area contributed by atoms with Crippen molar-refractivity contribution in [2.45, 2.75) is 45.4 Å². The Balaban J connectivity index is 1.42. The maximum Gasteiger partial charge on any atom is 0.335 e. The van der Waals surface area contributed by atoms with Crippen LogP contribution in [0.2, 0.25) is 0 Å². The number of anilines is 1. The number of rotatable bonds is 4. The van der Waals surface area contributed by atoms with Crippen LogP contribution in [0.3, 0.4) is 0 Å². The van der Waals surface area contributed by atoms with Gasteiger partial charge in [0, 0.05) is 41.6 Å². The predicted octanol–water partition coefficient (Wildman–Crippen LogP) is 6.57. The Labute approximate surface area is 233 Å². The van der Waals surface area contributed by atoms with Gasteiger partial charge >= 0.3 is 5.97 Å². The molecular weight excluding hydrogens is 500 g/mol. The number of aromatic carboxylic acids is 1. The molecular formula is C34H33N2O4+. The second kappa shape index (κ2) is 8.52. The quantitative estimate of drug-likeness (QED) is 0.293. The van der Waals surface area contributed by atoms with Gasteiger partial charge in [-0.2, -0.15) is 4.58 Å². The number of hydrogen-bond donors (Lipinski definition) is 2. The van der Waals surface area contributed by atoms with Gasteiger partial charge in [-0.1, -0.05) is 38.1 Å². The Bertz CT molecular complexity index is 1800. The first-order chi connectivity index (χ1) is 18.9. The number of allylic oxidation sites excluding steroid dienone is 5. The van der Waals surface area contributed by atoms with E-state index in [2.05, 4.69) is 55.7 Å². The summed E-state index contributed by atoms with van der Waals surface area (Å²) in [6.07, 6.45) is 3.61. The minimum atomic E-state index is -0.980. The van der Waals surface area contributed by atoms with Crippen LogP contribution in [0.15, 0.2) is 89.4 Å². The summed E-state index contributed by atoms with van der Waals surface area (Å²) in [6, 6.07) is 17.7. The van der Waals surface area contributed by atoms with Crippen molar-refractivity contribution >= 4 is 39.6 Å². The first-order valence-corrected chi connectivity index (χ1v) is 13.6. The molecule has 0 saturated carbocycles. The number of hydrogen-bond acceptors (Lipinski definition) is 4. The van der Waals surface area contributed by atoms with Crippen molar-refractivity contribution in [1.82, 2.24) is 0 Å². The molecule has 0 atom stereocenters. The molecule has 0 radical (unpaired) electrons. The lowest BCUT2D eigenvalue weighted by molar-refractivity contribution is -0.433. The number of ketones is 1. The van der Waals surface area contributed by atoms with E-state index in [0.717, 1.165) is 34.9 Å². The van der Waals surface area contributed by atoms with Crippen molar-refractivity contribution in [2.24, 2.45) is 0 Å². The summed E-state index contributed by atoms with van der Waals surface area (Å²) in [5.41, 5.74) is 5.80. The zero-order valence-corrected chi connectivity index (χ0v) is 23.7. The van der Waals surface area contributed by atoms with Gasteiger partial charge in [-0.15, -0.1) is 0 Å². The molecule has 2 N–H and O–H groups in total. The van der Waals surface area contributed by atoms with Crippen LogP contribution in [0.4, 0.5) is 11.4 Å². The van der Waals surface area contributed by atoms with Crippen LogP contribution in [0.25, 0.3) is 10.8 Å². The van der Waals surface area contributed by atoms with E-state index >= 15 is 0 Å². The Morgan fingerprint density at radius 1 is 1.00 bits per heavy atom. The number of carboxylic acid groups (broad SMARTS) is 1. The highest BCUT2D eigenvalue weighted by Gasteiger charge is 2.47. The van der Waals surface area contributed by atoms with Crippen molar-refractivity contribution in [3.63, 3.8) is 0 Å². The Kier molecular flexibility index (Phi) is 5.50. The van der Waals surface area contributed by atoms with E-state index in [1.807, 2.05) is 37.9 Å². The molecule has 3 aromatic carbocycles. The normalized spacial score (nSPS) is 20.9. The van der Waals surface area contributed by atoms with Gasteiger partial charge in [0.15, 0.2) is 5.71 Å². The topological polar surface area (TPSA) is 80.9 Å². The highest BCUT2D eigenvalue weighted by Crippen LogP contribution is 2.49. The zero-order chi connectivity index (χ0) is 28.7. The maximum atomic E-state index is 13.5. The van der Waals surface area contributed by atoms with Crippen LogP contribution in [0.5, 0.6) is 0 Å². The molecule has 0 bridgehead atoms. The maximum absolute atomic E-state index is 13.5. The number of carbonyl (C=O) groups is 2. The molecule has 0 aromatic heterocycles. The Morgan fingerprint density at radius 2 is 1.73 bits per heavy atom. The fourth-order valence-corrected chi connectivity index (χ4v) is 6.75. The van der Waals surface area contributed by atoms with Crippen molar-refractivity contribution in [3.05, 3.63) is 106 Å². The number of fused-ring (bicyclic) bond motifs is 4. The monoisotopic (exact) mass is 533 g/mol. The Morgan fingerprint density at radius 3 is 2.40 bits per heavy atom. The van der Waals surface area contributed by atoms with Gasteiger partial charge in [-0.3, -0.25) is 4.79 Å². The van der Waals surface area contributed by atoms with Crippen LogP contribution >= 0.6 is 0 Å². The zero-order valence-electron chi connectivity index (χ0n) is 23.7. The molecule has 6 heteroatoms. The van der Waals surface area contributed by atoms with Crippen LogP contribution < -0.4 is 4.90 Å². The number of carboxylic acids is 1. The minimum Gasteiger partial charge on any atom is -0.506 e. The number of aliphatic hydroxyl groups is 1. The van der Waals surface area contributed by atoms with E-state index in [1.165, 1.54) is 16.3 Å². The van der Waals surface area contributed by atoms with Crippen LogP contribution in [0, 0.1) is 0 Å². The number of aliphatic hydroxyl groups excluding tert-OH is 1. The highest BCUT2D eigenvalue weighted by molar-refractivity contribution is 6.24. The van der Waals surface area contributed by atoms with Crippen molar-refractivity contribution in [3.8, 4) is 0 Å². The standard InChI is InChI=1S/C34H32N2O4/c1-7-36-26-15-12-19-10-8-9-11-21(19)29(26)34(4,5)28(36)18-23-30(37)22(31(23)38)17-27-33(2,3)24-16-20(32(39)40)13-14-25(24)35(27)6/h8-18H,7H2,1-6H3,(H-,37,38,39,40)/p+1. The van der Waals surface area contributed by atoms with Gasteiger partial charge in [-0.05, 0) is 67.4 Å². The fourth-order valence-electron chi connectivity index (χ4n) is 6.75. The molecule has 0 saturated heterocycles. The van der Waals surface area contributed by atoms with Gasteiger partial charge < -0.3 is 15.1 Å². The summed E-state index contributed by atoms with van der Waals surface area (Å²) < 4.78 is 2.23. The summed E-state index contributed by atoms with van der Waals surface area (Å²) in [5.74, 6) is -1.19. The molecule has 202 valence electrons. The van der Waals surface area contributed by atoms with Gasteiger partial charge in [0.25, 0.3) is 0 Å². The molecule has 0 unspecified atom stereocenters. The summed E-state index contributed by atoms with van der Waals surface area (Å²) in [5, 5.41) is 23.0. The highest BCUT2D eigenvalue weighted by atomic mass is 16.4. The first-order valence-electron chi connectivity index (χ1n) is 13.6. The van der Waals surface area contributed by atoms with E-state index in [1.54, 1.807) is 24.3 Å². The number of nitrogens with zero attached hydrogens (tertiary/aromatic N) is 2. The van der Waals surface area contributed by atoms with Crippen molar-refractivity contribution < 1.29 is 24.4 Å². The van der Waals surface area contributed by atoms with Gasteiger partial charge in [0.1, 0.15) is 12.3 Å². The lowest BCUT2D eigenvalue weighted by Gasteiger charge is -2.27. The van der Waals surface area contributed by atoms with Gasteiger partial charge in [0.05, 0.1) is 22.1 Å². The molecule has 1 aliphatic carbocycles. The van der Waals surface area contributed by atoms with Gasteiger partial charge in [0.2, 0.25) is 11.5 Å². The minimum absolute atomic E-state index is 0.0101. The van der Waals surface area contributed by atoms with E-state index in [4.69, 9.17) is 0 Å². The van der Waals surface area contributed by atoms with E-state index in [0.29, 0.717) is 5.57 Å². The summed E-state index contributed by atoms with van der Waals surface area (Å²) >= 11 is 0. The second-order valence-electron chi connectivity index (χ2n) is 11.8. The largest absolute Gasteiger partial charge is 0.506 e. The third-order valence-corrected chi connectivity index (χ3v) is 8.91. The third kappa shape index (κ3) is 3.38. The molecule has 0 spiro atoms. The molecule has 2 aliphatic heterocycles. The smallest absolute Gasteiger partial charge is 0.335 e. The summed E-state index contributed by atoms with van der Waals surface area (Å²) in [7, 11) is 1.90. The summed E-state index contributed by atoms with van der Waals surface area (Å²) in [4.78, 5) is 27.1. The first kappa shape index (κ1) is 25.8. The van der Waals surface area contributed by atoms with E-state index in [-0.39, 0.29) is 28.1 Å². The van der Waals surface area contributed by atoms with Crippen LogP contribution in [-0.2, 0) is 15.6 Å². The lowest BCUT2D eigenvalue weighted by atomic mass is 9.76. The number of benzene rings is 3. The molecule has 0 fully saturated rings. The molecule has 3 aromatic rings. The molecule has 3 aliphatic rings. The van der Waals surface area contributed by atoms with E-state index in [9.17, 15) is 19.8 Å². The number of carbonyl (C=O) groups excluding carboxylic acids is 1. The Hall–Kier alpha value is -4.45. The van der Waals surface area contributed by atoms with Crippen molar-refractivity contribution in [1.29, 1.82) is 0 Å². The average molecular weight is 534 g/mol. The van der Waals surface area contributed by atoms with E-state index < -0.39 is 11.4 Å². The van der Waals surface area contributed by atoms with Crippen LogP contribution in [0.1, 0.15) is 56.1 Å². The molecule has 2 heterocycles. The molecule has 0 amide bonds. The van der Waals surface area contributed by atoms with Gasteiger partial charge in [-0.25, -0.2) is 4.79 Å².